The van der Waals surface area contributed by atoms with E-state index in [0.29, 0.717) is 0 Å². The van der Waals surface area contributed by atoms with Gasteiger partial charge in [0.05, 0.1) is 8.66 Å². The largest absolute Gasteiger partial charge is 0.350 e. The number of thiophene rings is 1. The fraction of sp³-hybridized carbons (Fsp3) is 0.545. The van der Waals surface area contributed by atoms with Gasteiger partial charge in [-0.25, -0.2) is 0 Å². The van der Waals surface area contributed by atoms with E-state index in [1.54, 1.807) is 0 Å². The molecule has 88 valence electrons. The summed E-state index contributed by atoms with van der Waals surface area (Å²) in [6.45, 7) is 1.66. The molecule has 1 aromatic heterocycles. The molecule has 1 heterocycles. The Bertz CT molecular complexity index is 376. The van der Waals surface area contributed by atoms with Crippen molar-refractivity contribution in [1.82, 2.24) is 10.2 Å². The van der Waals surface area contributed by atoms with Gasteiger partial charge in [-0.2, -0.15) is 0 Å². The van der Waals surface area contributed by atoms with Gasteiger partial charge in [-0.3, -0.25) is 4.79 Å². The average Bonchev–Trinajstić information content (AvgIpc) is 3.01. The lowest BCUT2D eigenvalue weighted by atomic mass is 10.4. The number of carbonyl (C=O) groups excluding carboxylic acids is 1. The van der Waals surface area contributed by atoms with Crippen molar-refractivity contribution in [3.8, 4) is 0 Å². The second kappa shape index (κ2) is 5.29. The number of hydrogen-bond acceptors (Lipinski definition) is 3. The standard InChI is InChI=1S/C11H15BrN2OS/c1-14(8-2-3-8)7-6-13-11(15)9-4-5-10(12)16-9/h4-5,8H,2-3,6-7H2,1H3,(H,13,15). The smallest absolute Gasteiger partial charge is 0.261 e. The number of rotatable bonds is 5. The van der Waals surface area contributed by atoms with E-state index in [1.165, 1.54) is 24.2 Å². The van der Waals surface area contributed by atoms with Gasteiger partial charge in [0.2, 0.25) is 0 Å². The van der Waals surface area contributed by atoms with Gasteiger partial charge in [0.15, 0.2) is 0 Å². The average molecular weight is 303 g/mol. The summed E-state index contributed by atoms with van der Waals surface area (Å²) in [4.78, 5) is 14.8. The van der Waals surface area contributed by atoms with Crippen LogP contribution < -0.4 is 5.32 Å². The molecule has 1 amide bonds. The van der Waals surface area contributed by atoms with E-state index in [4.69, 9.17) is 0 Å². The van der Waals surface area contributed by atoms with Crippen LogP contribution in [0.5, 0.6) is 0 Å². The summed E-state index contributed by atoms with van der Waals surface area (Å²) in [6, 6.07) is 4.50. The minimum atomic E-state index is 0.0277. The zero-order chi connectivity index (χ0) is 11.5. The lowest BCUT2D eigenvalue weighted by molar-refractivity contribution is 0.0953. The molecule has 1 aliphatic carbocycles. The first-order chi connectivity index (χ1) is 7.66. The fourth-order valence-electron chi connectivity index (χ4n) is 1.57. The molecule has 1 saturated carbocycles. The van der Waals surface area contributed by atoms with Crippen molar-refractivity contribution >= 4 is 33.2 Å². The van der Waals surface area contributed by atoms with Gasteiger partial charge in [0, 0.05) is 19.1 Å². The Labute approximate surface area is 108 Å². The van der Waals surface area contributed by atoms with E-state index in [0.717, 1.165) is 27.8 Å². The van der Waals surface area contributed by atoms with Crippen molar-refractivity contribution in [2.24, 2.45) is 0 Å². The maximum Gasteiger partial charge on any atom is 0.261 e. The number of hydrogen-bond donors (Lipinski definition) is 1. The van der Waals surface area contributed by atoms with Gasteiger partial charge in [-0.1, -0.05) is 0 Å². The molecule has 0 aromatic carbocycles. The highest BCUT2D eigenvalue weighted by molar-refractivity contribution is 9.11. The molecule has 1 aromatic rings. The summed E-state index contributed by atoms with van der Waals surface area (Å²) >= 11 is 4.81. The summed E-state index contributed by atoms with van der Waals surface area (Å²) in [5, 5.41) is 2.93. The van der Waals surface area contributed by atoms with Gasteiger partial charge < -0.3 is 10.2 Å². The molecule has 2 rings (SSSR count). The second-order valence-electron chi connectivity index (χ2n) is 4.07. The molecule has 0 aliphatic heterocycles. The van der Waals surface area contributed by atoms with E-state index >= 15 is 0 Å². The predicted octanol–water partition coefficient (Wildman–Crippen LogP) is 2.33. The van der Waals surface area contributed by atoms with E-state index in [-0.39, 0.29) is 5.91 Å². The molecule has 16 heavy (non-hydrogen) atoms. The first kappa shape index (κ1) is 12.1. The van der Waals surface area contributed by atoms with Crippen molar-refractivity contribution in [3.05, 3.63) is 20.8 Å². The summed E-state index contributed by atoms with van der Waals surface area (Å²) in [7, 11) is 2.12. The van der Waals surface area contributed by atoms with Crippen LogP contribution in [-0.2, 0) is 0 Å². The van der Waals surface area contributed by atoms with Gasteiger partial charge in [-0.15, -0.1) is 11.3 Å². The maximum absolute atomic E-state index is 11.7. The summed E-state index contributed by atoms with van der Waals surface area (Å²) < 4.78 is 0.993. The van der Waals surface area contributed by atoms with Crippen LogP contribution in [0.15, 0.2) is 15.9 Å². The molecular weight excluding hydrogens is 288 g/mol. The number of nitrogens with zero attached hydrogens (tertiary/aromatic N) is 1. The Morgan fingerprint density at radius 2 is 2.38 bits per heavy atom. The van der Waals surface area contributed by atoms with Crippen LogP contribution >= 0.6 is 27.3 Å². The molecule has 0 saturated heterocycles. The molecule has 1 N–H and O–H groups in total. The Balaban J connectivity index is 1.71. The molecule has 0 atom stereocenters. The lowest BCUT2D eigenvalue weighted by Crippen LogP contribution is -2.33. The van der Waals surface area contributed by atoms with Crippen molar-refractivity contribution in [1.29, 1.82) is 0 Å². The zero-order valence-corrected chi connectivity index (χ0v) is 11.6. The normalized spacial score (nSPS) is 15.4. The number of carbonyl (C=O) groups is 1. The first-order valence-corrected chi connectivity index (χ1v) is 7.01. The summed E-state index contributed by atoms with van der Waals surface area (Å²) in [5.74, 6) is 0.0277. The third kappa shape index (κ3) is 3.30. The monoisotopic (exact) mass is 302 g/mol. The Hall–Kier alpha value is -0.390. The first-order valence-electron chi connectivity index (χ1n) is 5.40. The van der Waals surface area contributed by atoms with Crippen LogP contribution in [0.25, 0.3) is 0 Å². The minimum Gasteiger partial charge on any atom is -0.350 e. The molecule has 5 heteroatoms. The molecule has 0 bridgehead atoms. The van der Waals surface area contributed by atoms with E-state index in [1.807, 2.05) is 12.1 Å². The lowest BCUT2D eigenvalue weighted by Gasteiger charge is -2.15. The summed E-state index contributed by atoms with van der Waals surface area (Å²) in [5.41, 5.74) is 0. The Morgan fingerprint density at radius 1 is 1.62 bits per heavy atom. The minimum absolute atomic E-state index is 0.0277. The highest BCUT2D eigenvalue weighted by atomic mass is 79.9. The van der Waals surface area contributed by atoms with E-state index < -0.39 is 0 Å². The molecule has 0 unspecified atom stereocenters. The third-order valence-electron chi connectivity index (χ3n) is 2.72. The van der Waals surface area contributed by atoms with Crippen molar-refractivity contribution in [2.45, 2.75) is 18.9 Å². The SMILES string of the molecule is CN(CCNC(=O)c1ccc(Br)s1)C1CC1. The molecule has 1 aliphatic rings. The number of likely N-dealkylation sites (N-methyl/N-ethyl adjacent to an activating group) is 1. The van der Waals surface area contributed by atoms with Crippen molar-refractivity contribution < 1.29 is 4.79 Å². The van der Waals surface area contributed by atoms with Crippen LogP contribution in [0.3, 0.4) is 0 Å². The number of amides is 1. The maximum atomic E-state index is 11.7. The third-order valence-corrected chi connectivity index (χ3v) is 4.34. The predicted molar refractivity (Wildman–Crippen MR) is 70.0 cm³/mol. The van der Waals surface area contributed by atoms with Crippen LogP contribution in [-0.4, -0.2) is 37.0 Å². The van der Waals surface area contributed by atoms with Crippen molar-refractivity contribution in [2.75, 3.05) is 20.1 Å². The van der Waals surface area contributed by atoms with Gasteiger partial charge in [0.1, 0.15) is 0 Å². The molecule has 3 nitrogen and oxygen atoms in total. The molecule has 1 fully saturated rings. The number of halogens is 1. The Morgan fingerprint density at radius 3 is 2.94 bits per heavy atom. The topological polar surface area (TPSA) is 32.3 Å². The fourth-order valence-corrected chi connectivity index (χ4v) is 2.87. The zero-order valence-electron chi connectivity index (χ0n) is 9.20. The van der Waals surface area contributed by atoms with E-state index in [2.05, 4.69) is 33.2 Å². The van der Waals surface area contributed by atoms with Gasteiger partial charge in [0.25, 0.3) is 5.91 Å². The van der Waals surface area contributed by atoms with Crippen molar-refractivity contribution in [3.63, 3.8) is 0 Å². The second-order valence-corrected chi connectivity index (χ2v) is 6.53. The van der Waals surface area contributed by atoms with Gasteiger partial charge in [-0.05, 0) is 48.0 Å². The van der Waals surface area contributed by atoms with Crippen LogP contribution in [0.4, 0.5) is 0 Å². The Kier molecular flexibility index (Phi) is 4.00. The van der Waals surface area contributed by atoms with Crippen LogP contribution in [0.2, 0.25) is 0 Å². The summed E-state index contributed by atoms with van der Waals surface area (Å²) in [6.07, 6.45) is 2.62. The highest BCUT2D eigenvalue weighted by Gasteiger charge is 2.25. The quantitative estimate of drug-likeness (QED) is 0.905. The van der Waals surface area contributed by atoms with Gasteiger partial charge >= 0.3 is 0 Å². The molecular formula is C11H15BrN2OS. The molecule has 0 radical (unpaired) electrons. The molecule has 0 spiro atoms. The highest BCUT2D eigenvalue weighted by Crippen LogP contribution is 2.24. The van der Waals surface area contributed by atoms with E-state index in [9.17, 15) is 4.79 Å². The van der Waals surface area contributed by atoms with Crippen LogP contribution in [0.1, 0.15) is 22.5 Å². The van der Waals surface area contributed by atoms with Crippen LogP contribution in [0, 0.1) is 0 Å². The number of nitrogens with one attached hydrogen (secondary N) is 1.